The van der Waals surface area contributed by atoms with E-state index in [9.17, 15) is 5.11 Å². The van der Waals surface area contributed by atoms with Crippen LogP contribution in [0.5, 0.6) is 0 Å². The highest BCUT2D eigenvalue weighted by atomic mass is 28.4. The number of aliphatic hydroxyl groups is 1. The van der Waals surface area contributed by atoms with Crippen LogP contribution in [0.25, 0.3) is 0 Å². The summed E-state index contributed by atoms with van der Waals surface area (Å²) in [6, 6.07) is 10.3. The molecular weight excluding hydrogens is 336 g/mol. The molecule has 0 aromatic heterocycles. The number of hydrogen-bond acceptors (Lipinski definition) is 2. The van der Waals surface area contributed by atoms with Gasteiger partial charge in [0.15, 0.2) is 8.32 Å². The van der Waals surface area contributed by atoms with E-state index in [0.29, 0.717) is 12.3 Å². The van der Waals surface area contributed by atoms with Crippen LogP contribution in [0.15, 0.2) is 42.5 Å². The van der Waals surface area contributed by atoms with E-state index in [1.54, 1.807) is 0 Å². The van der Waals surface area contributed by atoms with Gasteiger partial charge in [-0.15, -0.1) is 0 Å². The van der Waals surface area contributed by atoms with E-state index in [-0.39, 0.29) is 17.1 Å². The molecule has 0 aliphatic carbocycles. The zero-order chi connectivity index (χ0) is 20.1. The van der Waals surface area contributed by atoms with Crippen molar-refractivity contribution >= 4 is 8.32 Å². The van der Waals surface area contributed by atoms with Crippen molar-refractivity contribution in [3.05, 3.63) is 48.0 Å². The van der Waals surface area contributed by atoms with Gasteiger partial charge >= 0.3 is 0 Å². The van der Waals surface area contributed by atoms with E-state index in [1.807, 2.05) is 18.2 Å². The first kappa shape index (κ1) is 23.1. The molecule has 0 saturated heterocycles. The third-order valence-electron chi connectivity index (χ3n) is 5.81. The number of rotatable bonds is 9. The molecular formula is C23H40O2Si. The first-order valence-corrected chi connectivity index (χ1v) is 12.8. The van der Waals surface area contributed by atoms with Crippen LogP contribution in [-0.4, -0.2) is 25.6 Å². The highest BCUT2D eigenvalue weighted by molar-refractivity contribution is 6.74. The smallest absolute Gasteiger partial charge is 0.192 e. The zero-order valence-corrected chi connectivity index (χ0v) is 19.2. The third-order valence-corrected chi connectivity index (χ3v) is 10.3. The first-order valence-electron chi connectivity index (χ1n) is 9.91. The molecule has 1 aromatic carbocycles. The molecule has 2 nitrogen and oxygen atoms in total. The Morgan fingerprint density at radius 1 is 1.12 bits per heavy atom. The molecule has 0 aliphatic rings. The Kier molecular flexibility index (Phi) is 8.31. The standard InChI is InChI=1S/C23H40O2Si/c1-17(2)22(25-26(8,9)23(5,6)7)19(4)21(24)16-18(3)15-20-13-11-10-12-14-20/h10-14,17,19,21-22,24H,3,15-16H2,1-2,4-9H3/t19-,21+,22-/m0/s1. The fourth-order valence-electron chi connectivity index (χ4n) is 3.02. The van der Waals surface area contributed by atoms with Crippen molar-refractivity contribution < 1.29 is 9.53 Å². The fourth-order valence-corrected chi connectivity index (χ4v) is 4.55. The van der Waals surface area contributed by atoms with E-state index in [2.05, 4.69) is 73.3 Å². The lowest BCUT2D eigenvalue weighted by Gasteiger charge is -2.43. The predicted molar refractivity (Wildman–Crippen MR) is 116 cm³/mol. The molecule has 26 heavy (non-hydrogen) atoms. The zero-order valence-electron chi connectivity index (χ0n) is 18.2. The molecule has 1 aromatic rings. The summed E-state index contributed by atoms with van der Waals surface area (Å²) in [6.45, 7) is 22.1. The summed E-state index contributed by atoms with van der Waals surface area (Å²) in [6.07, 6.45) is 1.08. The predicted octanol–water partition coefficient (Wildman–Crippen LogP) is 6.22. The first-order chi connectivity index (χ1) is 11.8. The van der Waals surface area contributed by atoms with Gasteiger partial charge in [0, 0.05) is 5.92 Å². The molecule has 0 radical (unpaired) electrons. The molecule has 0 bridgehead atoms. The molecule has 0 amide bonds. The summed E-state index contributed by atoms with van der Waals surface area (Å²) >= 11 is 0. The molecule has 0 spiro atoms. The summed E-state index contributed by atoms with van der Waals surface area (Å²) in [7, 11) is -1.87. The van der Waals surface area contributed by atoms with Gasteiger partial charge in [0.2, 0.25) is 0 Å². The van der Waals surface area contributed by atoms with Crippen molar-refractivity contribution in [3.63, 3.8) is 0 Å². The Morgan fingerprint density at radius 3 is 2.12 bits per heavy atom. The minimum absolute atomic E-state index is 0.0652. The maximum atomic E-state index is 10.9. The van der Waals surface area contributed by atoms with Crippen molar-refractivity contribution in [1.82, 2.24) is 0 Å². The van der Waals surface area contributed by atoms with Gasteiger partial charge in [0.25, 0.3) is 0 Å². The van der Waals surface area contributed by atoms with E-state index >= 15 is 0 Å². The van der Waals surface area contributed by atoms with Gasteiger partial charge in [0.05, 0.1) is 12.2 Å². The molecule has 0 aliphatic heterocycles. The fraction of sp³-hybridized carbons (Fsp3) is 0.652. The van der Waals surface area contributed by atoms with Crippen LogP contribution in [-0.2, 0) is 10.8 Å². The Hall–Kier alpha value is -0.903. The van der Waals surface area contributed by atoms with Crippen molar-refractivity contribution in [2.75, 3.05) is 0 Å². The molecule has 0 unspecified atom stereocenters. The number of benzene rings is 1. The SMILES string of the molecule is C=C(Cc1ccccc1)C[C@@H](O)[C@H](C)[C@@H](O[Si](C)(C)C(C)(C)C)C(C)C. The summed E-state index contributed by atoms with van der Waals surface area (Å²) in [5.74, 6) is 0.452. The monoisotopic (exact) mass is 376 g/mol. The summed E-state index contributed by atoms with van der Waals surface area (Å²) in [5.41, 5.74) is 2.32. The van der Waals surface area contributed by atoms with Crippen molar-refractivity contribution in [3.8, 4) is 0 Å². The quantitative estimate of drug-likeness (QED) is 0.409. The van der Waals surface area contributed by atoms with Gasteiger partial charge in [-0.05, 0) is 42.5 Å². The van der Waals surface area contributed by atoms with Gasteiger partial charge in [-0.2, -0.15) is 0 Å². The van der Waals surface area contributed by atoms with E-state index < -0.39 is 14.4 Å². The molecule has 1 rings (SSSR count). The second kappa shape index (κ2) is 9.34. The van der Waals surface area contributed by atoms with Gasteiger partial charge in [0.1, 0.15) is 0 Å². The third kappa shape index (κ3) is 6.68. The highest BCUT2D eigenvalue weighted by Gasteiger charge is 2.41. The molecule has 3 atom stereocenters. The van der Waals surface area contributed by atoms with E-state index in [4.69, 9.17) is 4.43 Å². The summed E-state index contributed by atoms with van der Waals surface area (Å²) in [5, 5.41) is 11.0. The minimum Gasteiger partial charge on any atom is -0.413 e. The Balaban J connectivity index is 2.75. The number of hydrogen-bond donors (Lipinski definition) is 1. The average Bonchev–Trinajstić information content (AvgIpc) is 2.51. The minimum atomic E-state index is -1.87. The summed E-state index contributed by atoms with van der Waals surface area (Å²) in [4.78, 5) is 0. The molecule has 1 N–H and O–H groups in total. The second-order valence-electron chi connectivity index (χ2n) is 9.63. The molecule has 0 heterocycles. The lowest BCUT2D eigenvalue weighted by atomic mass is 9.87. The second-order valence-corrected chi connectivity index (χ2v) is 14.4. The largest absolute Gasteiger partial charge is 0.413 e. The van der Waals surface area contributed by atoms with Crippen molar-refractivity contribution in [1.29, 1.82) is 0 Å². The van der Waals surface area contributed by atoms with Gasteiger partial charge < -0.3 is 9.53 Å². The topological polar surface area (TPSA) is 29.5 Å². The maximum absolute atomic E-state index is 10.9. The van der Waals surface area contributed by atoms with Crippen LogP contribution in [0.1, 0.15) is 53.5 Å². The molecule has 0 fully saturated rings. The Bertz CT molecular complexity index is 557. The molecule has 0 saturated carbocycles. The van der Waals surface area contributed by atoms with Crippen LogP contribution in [0.4, 0.5) is 0 Å². The van der Waals surface area contributed by atoms with E-state index in [0.717, 1.165) is 12.0 Å². The molecule has 3 heteroatoms. The van der Waals surface area contributed by atoms with Crippen molar-refractivity contribution in [2.45, 2.75) is 84.7 Å². The normalized spacial score (nSPS) is 16.4. The Morgan fingerprint density at radius 2 is 1.65 bits per heavy atom. The van der Waals surface area contributed by atoms with Gasteiger partial charge in [-0.3, -0.25) is 0 Å². The lowest BCUT2D eigenvalue weighted by molar-refractivity contribution is 0.00562. The van der Waals surface area contributed by atoms with Crippen molar-refractivity contribution in [2.24, 2.45) is 11.8 Å². The van der Waals surface area contributed by atoms with Crippen LogP contribution in [0.3, 0.4) is 0 Å². The van der Waals surface area contributed by atoms with Crippen LogP contribution in [0, 0.1) is 11.8 Å². The highest BCUT2D eigenvalue weighted by Crippen LogP contribution is 2.39. The molecule has 148 valence electrons. The van der Waals surface area contributed by atoms with Crippen LogP contribution < -0.4 is 0 Å². The lowest BCUT2D eigenvalue weighted by Crippen LogP contribution is -2.48. The average molecular weight is 377 g/mol. The number of aliphatic hydroxyl groups excluding tert-OH is 1. The Labute approximate surface area is 162 Å². The van der Waals surface area contributed by atoms with Gasteiger partial charge in [-0.1, -0.05) is 84.0 Å². The van der Waals surface area contributed by atoms with E-state index in [1.165, 1.54) is 5.56 Å². The summed E-state index contributed by atoms with van der Waals surface area (Å²) < 4.78 is 6.70. The van der Waals surface area contributed by atoms with Crippen LogP contribution in [0.2, 0.25) is 18.1 Å². The van der Waals surface area contributed by atoms with Gasteiger partial charge in [-0.25, -0.2) is 0 Å². The maximum Gasteiger partial charge on any atom is 0.192 e. The van der Waals surface area contributed by atoms with Crippen LogP contribution >= 0.6 is 0 Å².